The van der Waals surface area contributed by atoms with Gasteiger partial charge in [-0.3, -0.25) is 4.79 Å². The number of hydrogen-bond acceptors (Lipinski definition) is 4. The average Bonchev–Trinajstić information content (AvgIpc) is 1.88. The zero-order chi connectivity index (χ0) is 7.98. The number of aliphatic hydroxyl groups is 1. The highest BCUT2D eigenvalue weighted by molar-refractivity contribution is 5.69. The highest BCUT2D eigenvalue weighted by Crippen LogP contribution is 1.91. The normalized spacial score (nSPS) is 12.7. The van der Waals surface area contributed by atoms with Crippen molar-refractivity contribution in [2.24, 2.45) is 5.73 Å². The molecule has 0 aliphatic heterocycles. The maximum Gasteiger partial charge on any atom is 0.308 e. The van der Waals surface area contributed by atoms with Crippen LogP contribution in [0.2, 0.25) is 0 Å². The van der Waals surface area contributed by atoms with Crippen LogP contribution in [0.15, 0.2) is 0 Å². The molecule has 0 saturated carbocycles. The Bertz CT molecular complexity index is 105. The number of hydrogen-bond donors (Lipinski definition) is 2. The first-order valence-electron chi connectivity index (χ1n) is 3.24. The number of nitrogens with two attached hydrogens (primary N) is 1. The Kier molecular flexibility index (Phi) is 4.88. The zero-order valence-corrected chi connectivity index (χ0v) is 6.04. The van der Waals surface area contributed by atoms with Gasteiger partial charge in [-0.25, -0.2) is 0 Å². The largest absolute Gasteiger partial charge is 0.466 e. The molecule has 0 heterocycles. The number of aliphatic hydroxyl groups excluding tert-OH is 1. The third-order valence-corrected chi connectivity index (χ3v) is 0.980. The van der Waals surface area contributed by atoms with Crippen LogP contribution in [-0.2, 0) is 9.53 Å². The van der Waals surface area contributed by atoms with Crippen LogP contribution >= 0.6 is 0 Å². The lowest BCUT2D eigenvalue weighted by Gasteiger charge is -2.05. The van der Waals surface area contributed by atoms with Gasteiger partial charge in [0, 0.05) is 6.54 Å². The van der Waals surface area contributed by atoms with Gasteiger partial charge in [0.05, 0.1) is 19.1 Å². The first-order chi connectivity index (χ1) is 4.70. The Morgan fingerprint density at radius 3 is 2.80 bits per heavy atom. The summed E-state index contributed by atoms with van der Waals surface area (Å²) in [6.45, 7) is 2.15. The van der Waals surface area contributed by atoms with Gasteiger partial charge in [0.2, 0.25) is 0 Å². The average molecular weight is 147 g/mol. The van der Waals surface area contributed by atoms with E-state index in [2.05, 4.69) is 4.74 Å². The Hall–Kier alpha value is -0.610. The van der Waals surface area contributed by atoms with Crippen LogP contribution in [0.3, 0.4) is 0 Å². The minimum absolute atomic E-state index is 0.00958. The van der Waals surface area contributed by atoms with Gasteiger partial charge in [-0.05, 0) is 6.92 Å². The van der Waals surface area contributed by atoms with Crippen molar-refractivity contribution in [2.75, 3.05) is 13.2 Å². The molecule has 0 aliphatic rings. The van der Waals surface area contributed by atoms with Crippen molar-refractivity contribution in [3.63, 3.8) is 0 Å². The Morgan fingerprint density at radius 2 is 2.40 bits per heavy atom. The fourth-order valence-electron chi connectivity index (χ4n) is 0.496. The summed E-state index contributed by atoms with van der Waals surface area (Å²) < 4.78 is 4.56. The summed E-state index contributed by atoms with van der Waals surface area (Å²) in [6.07, 6.45) is -0.774. The van der Waals surface area contributed by atoms with E-state index in [1.54, 1.807) is 6.92 Å². The van der Waals surface area contributed by atoms with Gasteiger partial charge in [-0.15, -0.1) is 0 Å². The van der Waals surface area contributed by atoms with E-state index in [0.717, 1.165) is 0 Å². The Morgan fingerprint density at radius 1 is 1.80 bits per heavy atom. The summed E-state index contributed by atoms with van der Waals surface area (Å²) >= 11 is 0. The standard InChI is InChI=1S/C6H13NO3/c1-2-10-6(9)3-5(8)4-7/h5,8H,2-4,7H2,1H3. The van der Waals surface area contributed by atoms with E-state index in [1.807, 2.05) is 0 Å². The topological polar surface area (TPSA) is 72.5 Å². The van der Waals surface area contributed by atoms with Crippen LogP contribution in [0.4, 0.5) is 0 Å². The second-order valence-electron chi connectivity index (χ2n) is 1.90. The lowest BCUT2D eigenvalue weighted by atomic mass is 10.2. The van der Waals surface area contributed by atoms with Gasteiger partial charge in [-0.1, -0.05) is 0 Å². The molecule has 0 fully saturated rings. The summed E-state index contributed by atoms with van der Waals surface area (Å²) in [5, 5.41) is 8.83. The molecule has 0 bridgehead atoms. The van der Waals surface area contributed by atoms with E-state index >= 15 is 0 Å². The van der Waals surface area contributed by atoms with Crippen molar-refractivity contribution in [1.82, 2.24) is 0 Å². The number of carbonyl (C=O) groups excluding carboxylic acids is 1. The van der Waals surface area contributed by atoms with E-state index in [0.29, 0.717) is 6.61 Å². The minimum atomic E-state index is -0.765. The third kappa shape index (κ3) is 4.29. The Balaban J connectivity index is 3.37. The number of ether oxygens (including phenoxy) is 1. The molecule has 0 rings (SSSR count). The first kappa shape index (κ1) is 9.39. The molecule has 0 aliphatic carbocycles. The van der Waals surface area contributed by atoms with Crippen molar-refractivity contribution in [3.8, 4) is 0 Å². The molecule has 0 amide bonds. The summed E-state index contributed by atoms with van der Waals surface area (Å²) in [5.41, 5.74) is 5.06. The number of rotatable bonds is 4. The molecule has 0 spiro atoms. The van der Waals surface area contributed by atoms with E-state index in [9.17, 15) is 4.79 Å². The predicted octanol–water partition coefficient (Wildman–Crippen LogP) is -0.741. The van der Waals surface area contributed by atoms with Crippen molar-refractivity contribution < 1.29 is 14.6 Å². The molecular weight excluding hydrogens is 134 g/mol. The zero-order valence-electron chi connectivity index (χ0n) is 6.04. The quantitative estimate of drug-likeness (QED) is 0.514. The third-order valence-electron chi connectivity index (χ3n) is 0.980. The van der Waals surface area contributed by atoms with Crippen LogP contribution < -0.4 is 5.73 Å². The fourth-order valence-corrected chi connectivity index (χ4v) is 0.496. The van der Waals surface area contributed by atoms with E-state index < -0.39 is 12.1 Å². The molecular formula is C6H13NO3. The van der Waals surface area contributed by atoms with Crippen LogP contribution in [-0.4, -0.2) is 30.3 Å². The lowest BCUT2D eigenvalue weighted by Crippen LogP contribution is -2.23. The second kappa shape index (κ2) is 5.20. The predicted molar refractivity (Wildman–Crippen MR) is 36.3 cm³/mol. The van der Waals surface area contributed by atoms with Gasteiger partial charge in [-0.2, -0.15) is 0 Å². The number of esters is 1. The van der Waals surface area contributed by atoms with E-state index in [1.165, 1.54) is 0 Å². The van der Waals surface area contributed by atoms with Gasteiger partial charge in [0.15, 0.2) is 0 Å². The van der Waals surface area contributed by atoms with Crippen LogP contribution in [0, 0.1) is 0 Å². The molecule has 10 heavy (non-hydrogen) atoms. The summed E-state index contributed by atoms with van der Waals surface area (Å²) in [7, 11) is 0. The van der Waals surface area contributed by atoms with E-state index in [4.69, 9.17) is 10.8 Å². The van der Waals surface area contributed by atoms with Gasteiger partial charge < -0.3 is 15.6 Å². The van der Waals surface area contributed by atoms with Crippen LogP contribution in [0.5, 0.6) is 0 Å². The fraction of sp³-hybridized carbons (Fsp3) is 0.833. The molecule has 1 unspecified atom stereocenters. The lowest BCUT2D eigenvalue weighted by molar-refractivity contribution is -0.145. The molecule has 0 saturated heterocycles. The SMILES string of the molecule is CCOC(=O)CC(O)CN. The molecule has 3 N–H and O–H groups in total. The second-order valence-corrected chi connectivity index (χ2v) is 1.90. The molecule has 0 aromatic rings. The summed E-state index contributed by atoms with van der Waals surface area (Å²) in [4.78, 5) is 10.6. The molecule has 0 aromatic heterocycles. The number of carbonyl (C=O) groups is 1. The van der Waals surface area contributed by atoms with Crippen molar-refractivity contribution >= 4 is 5.97 Å². The molecule has 1 atom stereocenters. The molecule has 4 nitrogen and oxygen atoms in total. The smallest absolute Gasteiger partial charge is 0.308 e. The highest BCUT2D eigenvalue weighted by Gasteiger charge is 2.08. The summed E-state index contributed by atoms with van der Waals surface area (Å²) in [5.74, 6) is -0.402. The molecule has 4 heteroatoms. The van der Waals surface area contributed by atoms with Crippen molar-refractivity contribution in [1.29, 1.82) is 0 Å². The molecule has 0 radical (unpaired) electrons. The van der Waals surface area contributed by atoms with Gasteiger partial charge >= 0.3 is 5.97 Å². The molecule has 60 valence electrons. The van der Waals surface area contributed by atoms with E-state index in [-0.39, 0.29) is 13.0 Å². The minimum Gasteiger partial charge on any atom is -0.466 e. The van der Waals surface area contributed by atoms with Crippen LogP contribution in [0.1, 0.15) is 13.3 Å². The van der Waals surface area contributed by atoms with Gasteiger partial charge in [0.1, 0.15) is 0 Å². The summed E-state index contributed by atoms with van der Waals surface area (Å²) in [6, 6.07) is 0. The molecule has 0 aromatic carbocycles. The maximum atomic E-state index is 10.6. The van der Waals surface area contributed by atoms with Crippen LogP contribution in [0.25, 0.3) is 0 Å². The van der Waals surface area contributed by atoms with Crippen molar-refractivity contribution in [2.45, 2.75) is 19.4 Å². The Labute approximate surface area is 60.0 Å². The van der Waals surface area contributed by atoms with Gasteiger partial charge in [0.25, 0.3) is 0 Å². The first-order valence-corrected chi connectivity index (χ1v) is 3.24. The van der Waals surface area contributed by atoms with Crippen molar-refractivity contribution in [3.05, 3.63) is 0 Å². The maximum absolute atomic E-state index is 10.6. The highest BCUT2D eigenvalue weighted by atomic mass is 16.5. The monoisotopic (exact) mass is 147 g/mol.